The van der Waals surface area contributed by atoms with Crippen LogP contribution in [0.5, 0.6) is 0 Å². The summed E-state index contributed by atoms with van der Waals surface area (Å²) in [6.45, 7) is 6.12. The minimum atomic E-state index is -0.778. The lowest BCUT2D eigenvalue weighted by atomic mass is 9.67. The van der Waals surface area contributed by atoms with Gasteiger partial charge in [0.15, 0.2) is 11.6 Å². The van der Waals surface area contributed by atoms with Gasteiger partial charge in [-0.15, -0.1) is 0 Å². The zero-order chi connectivity index (χ0) is 14.9. The van der Waals surface area contributed by atoms with Gasteiger partial charge in [-0.3, -0.25) is 9.59 Å². The van der Waals surface area contributed by atoms with Gasteiger partial charge < -0.3 is 5.11 Å². The first kappa shape index (κ1) is 15.2. The molecule has 0 aromatic heterocycles. The number of hydrogen-bond donors (Lipinski definition) is 1. The SMILES string of the molecule is CCCCC(O)C1=CC(=O)C2CC(C)=C(C)CC2C1=O. The zero-order valence-electron chi connectivity index (χ0n) is 12.6. The number of unbranched alkanes of at least 4 members (excludes halogenated alkanes) is 1. The van der Waals surface area contributed by atoms with Crippen LogP contribution in [-0.2, 0) is 9.59 Å². The maximum absolute atomic E-state index is 12.6. The molecule has 3 unspecified atom stereocenters. The molecule has 0 radical (unpaired) electrons. The molecule has 3 nitrogen and oxygen atoms in total. The molecular weight excluding hydrogens is 252 g/mol. The van der Waals surface area contributed by atoms with Crippen molar-refractivity contribution in [2.45, 2.75) is 59.0 Å². The average Bonchev–Trinajstić information content (AvgIpc) is 2.42. The number of Topliss-reactive ketones (excluding diaryl/α,β-unsaturated/α-hetero) is 1. The van der Waals surface area contributed by atoms with Crippen molar-refractivity contribution in [3.05, 3.63) is 22.8 Å². The number of carbonyl (C=O) groups excluding carboxylic acids is 2. The van der Waals surface area contributed by atoms with Crippen LogP contribution in [0.15, 0.2) is 22.8 Å². The fourth-order valence-electron chi connectivity index (χ4n) is 3.23. The van der Waals surface area contributed by atoms with Crippen molar-refractivity contribution in [2.24, 2.45) is 11.8 Å². The van der Waals surface area contributed by atoms with Crippen LogP contribution in [-0.4, -0.2) is 22.8 Å². The van der Waals surface area contributed by atoms with Crippen LogP contribution in [0.1, 0.15) is 52.9 Å². The molecule has 3 heteroatoms. The second kappa shape index (κ2) is 6.04. The molecule has 3 atom stereocenters. The number of fused-ring (bicyclic) bond motifs is 1. The Bertz CT molecular complexity index is 484. The standard InChI is InChI=1S/C17H24O3/c1-4-5-6-15(18)14-9-16(19)12-7-10(2)11(3)8-13(12)17(14)20/h9,12-13,15,18H,4-8H2,1-3H3. The van der Waals surface area contributed by atoms with Crippen molar-refractivity contribution in [1.82, 2.24) is 0 Å². The van der Waals surface area contributed by atoms with Crippen LogP contribution in [0.4, 0.5) is 0 Å². The van der Waals surface area contributed by atoms with Gasteiger partial charge in [0.05, 0.1) is 6.10 Å². The van der Waals surface area contributed by atoms with E-state index >= 15 is 0 Å². The van der Waals surface area contributed by atoms with Gasteiger partial charge in [-0.1, -0.05) is 30.9 Å². The third-order valence-corrected chi connectivity index (χ3v) is 4.74. The fraction of sp³-hybridized carbons (Fsp3) is 0.647. The van der Waals surface area contributed by atoms with E-state index in [0.717, 1.165) is 12.8 Å². The van der Waals surface area contributed by atoms with Crippen LogP contribution in [0.25, 0.3) is 0 Å². The van der Waals surface area contributed by atoms with Gasteiger partial charge in [-0.05, 0) is 39.2 Å². The molecule has 0 spiro atoms. The first-order chi connectivity index (χ1) is 9.45. The highest BCUT2D eigenvalue weighted by atomic mass is 16.3. The van der Waals surface area contributed by atoms with Crippen molar-refractivity contribution < 1.29 is 14.7 Å². The van der Waals surface area contributed by atoms with E-state index in [1.54, 1.807) is 0 Å². The second-order valence-electron chi connectivity index (χ2n) is 6.21. The lowest BCUT2D eigenvalue weighted by Crippen LogP contribution is -2.40. The Kier molecular flexibility index (Phi) is 4.59. The molecule has 2 aliphatic carbocycles. The molecule has 0 heterocycles. The second-order valence-corrected chi connectivity index (χ2v) is 6.21. The van der Waals surface area contributed by atoms with Crippen molar-refractivity contribution in [3.63, 3.8) is 0 Å². The minimum absolute atomic E-state index is 0.00921. The van der Waals surface area contributed by atoms with Gasteiger partial charge in [-0.25, -0.2) is 0 Å². The van der Waals surface area contributed by atoms with Crippen molar-refractivity contribution in [1.29, 1.82) is 0 Å². The van der Waals surface area contributed by atoms with Crippen LogP contribution in [0, 0.1) is 11.8 Å². The number of rotatable bonds is 4. The van der Waals surface area contributed by atoms with Crippen molar-refractivity contribution in [2.75, 3.05) is 0 Å². The number of allylic oxidation sites excluding steroid dienone is 3. The molecule has 0 aliphatic heterocycles. The van der Waals surface area contributed by atoms with E-state index in [1.165, 1.54) is 17.2 Å². The van der Waals surface area contributed by atoms with Crippen LogP contribution in [0.2, 0.25) is 0 Å². The lowest BCUT2D eigenvalue weighted by Gasteiger charge is -2.35. The summed E-state index contributed by atoms with van der Waals surface area (Å²) in [7, 11) is 0. The number of aliphatic hydroxyl groups is 1. The zero-order valence-corrected chi connectivity index (χ0v) is 12.6. The molecule has 1 N–H and O–H groups in total. The third kappa shape index (κ3) is 2.78. The van der Waals surface area contributed by atoms with Gasteiger partial charge in [0.1, 0.15) is 0 Å². The first-order valence-corrected chi connectivity index (χ1v) is 7.58. The molecule has 0 aromatic rings. The summed E-state index contributed by atoms with van der Waals surface area (Å²) < 4.78 is 0. The summed E-state index contributed by atoms with van der Waals surface area (Å²) in [6, 6.07) is 0. The molecule has 0 aromatic carbocycles. The van der Waals surface area contributed by atoms with E-state index in [0.29, 0.717) is 24.8 Å². The van der Waals surface area contributed by atoms with Crippen LogP contribution in [0.3, 0.4) is 0 Å². The predicted molar refractivity (Wildman–Crippen MR) is 78.2 cm³/mol. The van der Waals surface area contributed by atoms with E-state index < -0.39 is 6.10 Å². The number of ketones is 2. The molecule has 110 valence electrons. The number of carbonyl (C=O) groups is 2. The fourth-order valence-corrected chi connectivity index (χ4v) is 3.23. The third-order valence-electron chi connectivity index (χ3n) is 4.74. The lowest BCUT2D eigenvalue weighted by molar-refractivity contribution is -0.131. The highest BCUT2D eigenvalue weighted by Gasteiger charge is 2.42. The van der Waals surface area contributed by atoms with E-state index in [-0.39, 0.29) is 23.4 Å². The Morgan fingerprint density at radius 1 is 1.20 bits per heavy atom. The van der Waals surface area contributed by atoms with E-state index in [2.05, 4.69) is 0 Å². The Morgan fingerprint density at radius 3 is 2.40 bits per heavy atom. The summed E-state index contributed by atoms with van der Waals surface area (Å²) in [5.41, 5.74) is 2.80. The predicted octanol–water partition coefficient (Wildman–Crippen LogP) is 2.98. The highest BCUT2D eigenvalue weighted by molar-refractivity contribution is 6.11. The van der Waals surface area contributed by atoms with E-state index in [1.807, 2.05) is 20.8 Å². The molecule has 2 rings (SSSR count). The molecule has 0 amide bonds. The summed E-state index contributed by atoms with van der Waals surface area (Å²) in [6.07, 6.45) is 4.39. The Morgan fingerprint density at radius 2 is 1.80 bits per heavy atom. The van der Waals surface area contributed by atoms with Crippen LogP contribution >= 0.6 is 0 Å². The normalized spacial score (nSPS) is 28.3. The van der Waals surface area contributed by atoms with E-state index in [9.17, 15) is 14.7 Å². The number of hydrogen-bond acceptors (Lipinski definition) is 3. The largest absolute Gasteiger partial charge is 0.388 e. The molecule has 20 heavy (non-hydrogen) atoms. The molecule has 2 aliphatic rings. The first-order valence-electron chi connectivity index (χ1n) is 7.58. The Balaban J connectivity index is 2.22. The Hall–Kier alpha value is -1.22. The molecule has 0 saturated carbocycles. The topological polar surface area (TPSA) is 54.4 Å². The van der Waals surface area contributed by atoms with Gasteiger partial charge >= 0.3 is 0 Å². The van der Waals surface area contributed by atoms with Gasteiger partial charge in [0.25, 0.3) is 0 Å². The van der Waals surface area contributed by atoms with Gasteiger partial charge in [0, 0.05) is 17.4 Å². The smallest absolute Gasteiger partial charge is 0.165 e. The summed E-state index contributed by atoms with van der Waals surface area (Å²) in [5.74, 6) is -0.437. The molecule has 0 bridgehead atoms. The van der Waals surface area contributed by atoms with Gasteiger partial charge in [0.2, 0.25) is 0 Å². The molecular formula is C17H24O3. The minimum Gasteiger partial charge on any atom is -0.388 e. The van der Waals surface area contributed by atoms with Crippen LogP contribution < -0.4 is 0 Å². The van der Waals surface area contributed by atoms with Crippen molar-refractivity contribution in [3.8, 4) is 0 Å². The summed E-state index contributed by atoms with van der Waals surface area (Å²) in [4.78, 5) is 24.8. The summed E-state index contributed by atoms with van der Waals surface area (Å²) in [5, 5.41) is 10.1. The monoisotopic (exact) mass is 276 g/mol. The number of aliphatic hydroxyl groups excluding tert-OH is 1. The average molecular weight is 276 g/mol. The quantitative estimate of drug-likeness (QED) is 0.803. The maximum Gasteiger partial charge on any atom is 0.165 e. The van der Waals surface area contributed by atoms with E-state index in [4.69, 9.17) is 0 Å². The van der Waals surface area contributed by atoms with Gasteiger partial charge in [-0.2, -0.15) is 0 Å². The van der Waals surface area contributed by atoms with Crippen molar-refractivity contribution >= 4 is 11.6 Å². The summed E-state index contributed by atoms with van der Waals surface area (Å²) >= 11 is 0. The Labute approximate surface area is 120 Å². The maximum atomic E-state index is 12.6. The molecule has 0 fully saturated rings. The highest BCUT2D eigenvalue weighted by Crippen LogP contribution is 2.40. The molecule has 0 saturated heterocycles.